The normalized spacial score (nSPS) is 17.7. The number of carbonyl (C=O) groups excluding carboxylic acids is 2. The molecule has 1 saturated heterocycles. The zero-order valence-electron chi connectivity index (χ0n) is 14.5. The number of hydrogen-bond donors (Lipinski definition) is 2. The number of amides is 2. The summed E-state index contributed by atoms with van der Waals surface area (Å²) < 4.78 is 0. The van der Waals surface area contributed by atoms with Gasteiger partial charge in [-0.05, 0) is 50.7 Å². The molecule has 1 heterocycles. The van der Waals surface area contributed by atoms with Crippen LogP contribution in [-0.4, -0.2) is 68.4 Å². The highest BCUT2D eigenvalue weighted by Crippen LogP contribution is 2.12. The van der Waals surface area contributed by atoms with Gasteiger partial charge in [0.25, 0.3) is 5.91 Å². The van der Waals surface area contributed by atoms with Gasteiger partial charge in [-0.3, -0.25) is 14.5 Å². The topological polar surface area (TPSA) is 64.7 Å². The Kier molecular flexibility index (Phi) is 8.18. The van der Waals surface area contributed by atoms with E-state index in [4.69, 9.17) is 0 Å². The lowest BCUT2D eigenvalue weighted by Crippen LogP contribution is -2.46. The molecule has 1 aliphatic heterocycles. The highest BCUT2D eigenvalue weighted by molar-refractivity contribution is 5.96. The first-order valence-corrected chi connectivity index (χ1v) is 8.01. The molecule has 1 unspecified atom stereocenters. The molecule has 1 aliphatic rings. The minimum atomic E-state index is -0.0469. The SMILES string of the molecule is CNC1CCCN(CC(=O)Nc2ccc(C(=O)N(C)C)cc2)C1.Cl. The molecule has 1 aromatic rings. The van der Waals surface area contributed by atoms with E-state index < -0.39 is 0 Å². The molecule has 0 aromatic heterocycles. The fraction of sp³-hybridized carbons (Fsp3) is 0.529. The first kappa shape index (κ1) is 20.4. The number of nitrogens with zero attached hydrogens (tertiary/aromatic N) is 2. The number of likely N-dealkylation sites (N-methyl/N-ethyl adjacent to an activating group) is 1. The first-order chi connectivity index (χ1) is 11.0. The lowest BCUT2D eigenvalue weighted by Gasteiger charge is -2.31. The third-order valence-corrected chi connectivity index (χ3v) is 4.10. The van der Waals surface area contributed by atoms with Crippen LogP contribution in [-0.2, 0) is 4.79 Å². The van der Waals surface area contributed by atoms with Gasteiger partial charge in [-0.15, -0.1) is 12.4 Å². The van der Waals surface area contributed by atoms with Crippen LogP contribution in [0.4, 0.5) is 5.69 Å². The molecule has 2 rings (SSSR count). The van der Waals surface area contributed by atoms with E-state index in [1.165, 1.54) is 4.90 Å². The van der Waals surface area contributed by atoms with Crippen LogP contribution in [0.25, 0.3) is 0 Å². The van der Waals surface area contributed by atoms with Crippen LogP contribution < -0.4 is 10.6 Å². The summed E-state index contributed by atoms with van der Waals surface area (Å²) in [5, 5.41) is 6.16. The van der Waals surface area contributed by atoms with Crippen LogP contribution >= 0.6 is 12.4 Å². The molecule has 0 spiro atoms. The summed E-state index contributed by atoms with van der Waals surface area (Å²) in [4.78, 5) is 27.7. The summed E-state index contributed by atoms with van der Waals surface area (Å²) in [6.07, 6.45) is 2.27. The largest absolute Gasteiger partial charge is 0.345 e. The molecule has 1 atom stereocenters. The van der Waals surface area contributed by atoms with Gasteiger partial charge >= 0.3 is 0 Å². The number of anilines is 1. The van der Waals surface area contributed by atoms with E-state index in [0.717, 1.165) is 25.9 Å². The predicted molar refractivity (Wildman–Crippen MR) is 98.9 cm³/mol. The van der Waals surface area contributed by atoms with Crippen LogP contribution in [0, 0.1) is 0 Å². The van der Waals surface area contributed by atoms with Crippen molar-refractivity contribution in [2.24, 2.45) is 0 Å². The molecule has 134 valence electrons. The Hall–Kier alpha value is -1.63. The van der Waals surface area contributed by atoms with Crippen LogP contribution in [0.15, 0.2) is 24.3 Å². The summed E-state index contributed by atoms with van der Waals surface area (Å²) in [5.41, 5.74) is 1.33. The van der Waals surface area contributed by atoms with Crippen molar-refractivity contribution in [3.05, 3.63) is 29.8 Å². The maximum absolute atomic E-state index is 12.2. The zero-order chi connectivity index (χ0) is 16.8. The first-order valence-electron chi connectivity index (χ1n) is 8.01. The summed E-state index contributed by atoms with van der Waals surface area (Å²) >= 11 is 0. The molecule has 24 heavy (non-hydrogen) atoms. The van der Waals surface area contributed by atoms with Crippen molar-refractivity contribution < 1.29 is 9.59 Å². The molecule has 6 nitrogen and oxygen atoms in total. The third-order valence-electron chi connectivity index (χ3n) is 4.10. The summed E-state index contributed by atoms with van der Waals surface area (Å²) in [5.74, 6) is -0.0669. The van der Waals surface area contributed by atoms with E-state index in [1.54, 1.807) is 38.4 Å². The van der Waals surface area contributed by atoms with E-state index in [1.807, 2.05) is 7.05 Å². The molecule has 1 fully saturated rings. The zero-order valence-corrected chi connectivity index (χ0v) is 15.4. The molecular formula is C17H27ClN4O2. The monoisotopic (exact) mass is 354 g/mol. The second-order valence-corrected chi connectivity index (χ2v) is 6.19. The van der Waals surface area contributed by atoms with E-state index >= 15 is 0 Å². The molecule has 0 radical (unpaired) electrons. The quantitative estimate of drug-likeness (QED) is 0.839. The van der Waals surface area contributed by atoms with Gasteiger partial charge < -0.3 is 15.5 Å². The Morgan fingerprint density at radius 1 is 1.25 bits per heavy atom. The molecule has 2 N–H and O–H groups in total. The number of nitrogens with one attached hydrogen (secondary N) is 2. The second kappa shape index (κ2) is 9.61. The van der Waals surface area contributed by atoms with E-state index in [0.29, 0.717) is 23.8 Å². The Bertz CT molecular complexity index is 548. The minimum Gasteiger partial charge on any atom is -0.345 e. The van der Waals surface area contributed by atoms with E-state index in [2.05, 4.69) is 15.5 Å². The van der Waals surface area contributed by atoms with Gasteiger partial charge in [-0.25, -0.2) is 0 Å². The standard InChI is InChI=1S/C17H26N4O2.ClH/c1-18-15-5-4-10-21(11-15)12-16(22)19-14-8-6-13(7-9-14)17(23)20(2)3;/h6-9,15,18H,4-5,10-12H2,1-3H3,(H,19,22);1H. The molecule has 1 aromatic carbocycles. The van der Waals surface area contributed by atoms with Crippen molar-refractivity contribution in [1.82, 2.24) is 15.1 Å². The van der Waals surface area contributed by atoms with Crippen molar-refractivity contribution in [1.29, 1.82) is 0 Å². The van der Waals surface area contributed by atoms with Crippen molar-refractivity contribution in [2.45, 2.75) is 18.9 Å². The van der Waals surface area contributed by atoms with Gasteiger partial charge in [0.1, 0.15) is 0 Å². The second-order valence-electron chi connectivity index (χ2n) is 6.19. The van der Waals surface area contributed by atoms with Gasteiger partial charge in [0.2, 0.25) is 5.91 Å². The number of piperidine rings is 1. The van der Waals surface area contributed by atoms with Crippen LogP contribution in [0.2, 0.25) is 0 Å². The fourth-order valence-corrected chi connectivity index (χ4v) is 2.79. The Morgan fingerprint density at radius 3 is 2.50 bits per heavy atom. The maximum atomic E-state index is 12.2. The van der Waals surface area contributed by atoms with E-state index in [9.17, 15) is 9.59 Å². The van der Waals surface area contributed by atoms with Gasteiger partial charge in [0.15, 0.2) is 0 Å². The smallest absolute Gasteiger partial charge is 0.253 e. The molecule has 7 heteroatoms. The molecule has 0 aliphatic carbocycles. The number of carbonyl (C=O) groups is 2. The highest BCUT2D eigenvalue weighted by atomic mass is 35.5. The van der Waals surface area contributed by atoms with E-state index in [-0.39, 0.29) is 24.2 Å². The fourth-order valence-electron chi connectivity index (χ4n) is 2.79. The Labute approximate surface area is 150 Å². The minimum absolute atomic E-state index is 0. The lowest BCUT2D eigenvalue weighted by atomic mass is 10.1. The number of halogens is 1. The van der Waals surface area contributed by atoms with Crippen LogP contribution in [0.1, 0.15) is 23.2 Å². The lowest BCUT2D eigenvalue weighted by molar-refractivity contribution is -0.117. The van der Waals surface area contributed by atoms with Gasteiger partial charge in [0, 0.05) is 37.9 Å². The number of likely N-dealkylation sites (tertiary alicyclic amines) is 1. The van der Waals surface area contributed by atoms with Crippen molar-refractivity contribution in [3.63, 3.8) is 0 Å². The van der Waals surface area contributed by atoms with Gasteiger partial charge in [-0.2, -0.15) is 0 Å². The Morgan fingerprint density at radius 2 is 1.92 bits per heavy atom. The third kappa shape index (κ3) is 5.78. The molecule has 2 amide bonds. The molecule has 0 bridgehead atoms. The summed E-state index contributed by atoms with van der Waals surface area (Å²) in [6.45, 7) is 2.26. The number of benzene rings is 1. The molecular weight excluding hydrogens is 328 g/mol. The summed E-state index contributed by atoms with van der Waals surface area (Å²) in [6, 6.07) is 7.46. The number of hydrogen-bond acceptors (Lipinski definition) is 4. The predicted octanol–water partition coefficient (Wildman–Crippen LogP) is 1.43. The maximum Gasteiger partial charge on any atom is 0.253 e. The number of rotatable bonds is 5. The van der Waals surface area contributed by atoms with Crippen LogP contribution in [0.5, 0.6) is 0 Å². The molecule has 0 saturated carbocycles. The van der Waals surface area contributed by atoms with Crippen LogP contribution in [0.3, 0.4) is 0 Å². The highest BCUT2D eigenvalue weighted by Gasteiger charge is 2.20. The Balaban J connectivity index is 0.00000288. The summed E-state index contributed by atoms with van der Waals surface area (Å²) in [7, 11) is 5.40. The van der Waals surface area contributed by atoms with Gasteiger partial charge in [-0.1, -0.05) is 0 Å². The van der Waals surface area contributed by atoms with Crippen molar-refractivity contribution in [2.75, 3.05) is 46.1 Å². The average molecular weight is 355 g/mol. The van der Waals surface area contributed by atoms with Crippen molar-refractivity contribution >= 4 is 29.9 Å². The van der Waals surface area contributed by atoms with Gasteiger partial charge in [0.05, 0.1) is 6.54 Å². The average Bonchev–Trinajstić information content (AvgIpc) is 2.54. The van der Waals surface area contributed by atoms with Crippen molar-refractivity contribution in [3.8, 4) is 0 Å².